The standard InChI is InChI=1S/C14H22N2O2/c1-3-5-9-16(10-6-4-2)12-7-8-13(14(17)18)15-11-12/h7-8,11H,3-6,9-10H2,1-2H3,(H,17,18). The van der Waals surface area contributed by atoms with Crippen molar-refractivity contribution in [3.05, 3.63) is 24.0 Å². The Bertz CT molecular complexity index is 355. The Kier molecular flexibility index (Phi) is 6.19. The fourth-order valence-electron chi connectivity index (χ4n) is 1.77. The maximum absolute atomic E-state index is 10.8. The number of pyridine rings is 1. The molecule has 1 rings (SSSR count). The highest BCUT2D eigenvalue weighted by Gasteiger charge is 2.08. The van der Waals surface area contributed by atoms with E-state index in [4.69, 9.17) is 5.11 Å². The summed E-state index contributed by atoms with van der Waals surface area (Å²) in [5.74, 6) is -0.977. The second-order valence-electron chi connectivity index (χ2n) is 4.40. The second-order valence-corrected chi connectivity index (χ2v) is 4.40. The second kappa shape index (κ2) is 7.69. The van der Waals surface area contributed by atoms with Crippen molar-refractivity contribution < 1.29 is 9.90 Å². The molecule has 0 bridgehead atoms. The van der Waals surface area contributed by atoms with Crippen LogP contribution in [-0.2, 0) is 0 Å². The molecule has 4 nitrogen and oxygen atoms in total. The quantitative estimate of drug-likeness (QED) is 0.770. The molecule has 1 aromatic rings. The zero-order valence-electron chi connectivity index (χ0n) is 11.2. The SMILES string of the molecule is CCCCN(CCCC)c1ccc(C(=O)O)nc1. The third-order valence-electron chi connectivity index (χ3n) is 2.90. The van der Waals surface area contributed by atoms with E-state index < -0.39 is 5.97 Å². The summed E-state index contributed by atoms with van der Waals surface area (Å²) in [4.78, 5) is 17.0. The van der Waals surface area contributed by atoms with E-state index in [-0.39, 0.29) is 5.69 Å². The van der Waals surface area contributed by atoms with Crippen molar-refractivity contribution in [3.8, 4) is 0 Å². The lowest BCUT2D eigenvalue weighted by atomic mass is 10.2. The molecular formula is C14H22N2O2. The molecule has 0 fully saturated rings. The monoisotopic (exact) mass is 250 g/mol. The Hall–Kier alpha value is -1.58. The first-order valence-corrected chi connectivity index (χ1v) is 6.63. The van der Waals surface area contributed by atoms with Gasteiger partial charge in [0.25, 0.3) is 0 Å². The summed E-state index contributed by atoms with van der Waals surface area (Å²) in [6, 6.07) is 3.42. The largest absolute Gasteiger partial charge is 0.477 e. The number of carbonyl (C=O) groups is 1. The van der Waals surface area contributed by atoms with Crippen LogP contribution in [0.3, 0.4) is 0 Å². The average molecular weight is 250 g/mol. The van der Waals surface area contributed by atoms with Crippen molar-refractivity contribution in [3.63, 3.8) is 0 Å². The van der Waals surface area contributed by atoms with E-state index in [0.29, 0.717) is 0 Å². The van der Waals surface area contributed by atoms with Gasteiger partial charge in [-0.25, -0.2) is 9.78 Å². The Morgan fingerprint density at radius 2 is 1.83 bits per heavy atom. The first kappa shape index (κ1) is 14.5. The number of hydrogen-bond acceptors (Lipinski definition) is 3. The molecule has 0 aromatic carbocycles. The van der Waals surface area contributed by atoms with E-state index >= 15 is 0 Å². The zero-order chi connectivity index (χ0) is 13.4. The number of anilines is 1. The molecule has 0 atom stereocenters. The highest BCUT2D eigenvalue weighted by molar-refractivity contribution is 5.85. The van der Waals surface area contributed by atoms with Crippen LogP contribution in [0, 0.1) is 0 Å². The van der Waals surface area contributed by atoms with Crippen molar-refractivity contribution >= 4 is 11.7 Å². The number of carboxylic acids is 1. The summed E-state index contributed by atoms with van der Waals surface area (Å²) in [5, 5.41) is 8.82. The fourth-order valence-corrected chi connectivity index (χ4v) is 1.77. The van der Waals surface area contributed by atoms with Crippen LogP contribution in [0.5, 0.6) is 0 Å². The third kappa shape index (κ3) is 4.35. The molecule has 100 valence electrons. The lowest BCUT2D eigenvalue weighted by molar-refractivity contribution is 0.0690. The van der Waals surface area contributed by atoms with Crippen LogP contribution in [0.2, 0.25) is 0 Å². The first-order chi connectivity index (χ1) is 8.69. The summed E-state index contributed by atoms with van der Waals surface area (Å²) in [6.45, 7) is 6.35. The molecule has 4 heteroatoms. The predicted molar refractivity (Wildman–Crippen MR) is 73.2 cm³/mol. The lowest BCUT2D eigenvalue weighted by Gasteiger charge is -2.24. The highest BCUT2D eigenvalue weighted by atomic mass is 16.4. The number of aromatic nitrogens is 1. The molecule has 0 aliphatic carbocycles. The normalized spacial score (nSPS) is 10.3. The molecule has 1 N–H and O–H groups in total. The third-order valence-corrected chi connectivity index (χ3v) is 2.90. The van der Waals surface area contributed by atoms with E-state index in [9.17, 15) is 4.79 Å². The van der Waals surface area contributed by atoms with Crippen molar-refractivity contribution in [2.75, 3.05) is 18.0 Å². The number of hydrogen-bond donors (Lipinski definition) is 1. The summed E-state index contributed by atoms with van der Waals surface area (Å²) in [6.07, 6.45) is 6.26. The average Bonchev–Trinajstić information content (AvgIpc) is 2.39. The molecule has 1 aromatic heterocycles. The van der Waals surface area contributed by atoms with Gasteiger partial charge in [0.2, 0.25) is 0 Å². The smallest absolute Gasteiger partial charge is 0.354 e. The first-order valence-electron chi connectivity index (χ1n) is 6.63. The van der Waals surface area contributed by atoms with Crippen LogP contribution in [0.4, 0.5) is 5.69 Å². The van der Waals surface area contributed by atoms with Crippen molar-refractivity contribution in [2.24, 2.45) is 0 Å². The number of rotatable bonds is 8. The Morgan fingerprint density at radius 1 is 1.22 bits per heavy atom. The minimum Gasteiger partial charge on any atom is -0.477 e. The molecule has 0 aliphatic heterocycles. The van der Waals surface area contributed by atoms with Gasteiger partial charge >= 0.3 is 5.97 Å². The van der Waals surface area contributed by atoms with Crippen molar-refractivity contribution in [2.45, 2.75) is 39.5 Å². The van der Waals surface area contributed by atoms with Crippen LogP contribution < -0.4 is 4.90 Å². The van der Waals surface area contributed by atoms with Gasteiger partial charge in [-0.3, -0.25) is 0 Å². The van der Waals surface area contributed by atoms with E-state index in [1.807, 2.05) is 6.07 Å². The Labute approximate surface area is 109 Å². The summed E-state index contributed by atoms with van der Waals surface area (Å²) < 4.78 is 0. The topological polar surface area (TPSA) is 53.4 Å². The van der Waals surface area contributed by atoms with Crippen LogP contribution in [0.15, 0.2) is 18.3 Å². The minimum absolute atomic E-state index is 0.102. The zero-order valence-corrected chi connectivity index (χ0v) is 11.2. The van der Waals surface area contributed by atoms with Crippen LogP contribution in [0.25, 0.3) is 0 Å². The lowest BCUT2D eigenvalue weighted by Crippen LogP contribution is -2.25. The highest BCUT2D eigenvalue weighted by Crippen LogP contribution is 2.15. The summed E-state index contributed by atoms with van der Waals surface area (Å²) in [5.41, 5.74) is 1.12. The molecule has 0 spiro atoms. The van der Waals surface area contributed by atoms with E-state index in [2.05, 4.69) is 23.7 Å². The number of aromatic carboxylic acids is 1. The molecule has 0 saturated carbocycles. The molecule has 0 unspecified atom stereocenters. The molecule has 1 heterocycles. The van der Waals surface area contributed by atoms with Crippen molar-refractivity contribution in [1.29, 1.82) is 0 Å². The van der Waals surface area contributed by atoms with Gasteiger partial charge in [-0.05, 0) is 25.0 Å². The number of nitrogens with zero attached hydrogens (tertiary/aromatic N) is 2. The molecule has 0 radical (unpaired) electrons. The number of carboxylic acid groups (broad SMARTS) is 1. The van der Waals surface area contributed by atoms with Crippen molar-refractivity contribution in [1.82, 2.24) is 4.98 Å². The van der Waals surface area contributed by atoms with Gasteiger partial charge in [0.05, 0.1) is 11.9 Å². The maximum atomic E-state index is 10.8. The molecule has 0 amide bonds. The molecular weight excluding hydrogens is 228 g/mol. The van der Waals surface area contributed by atoms with Gasteiger partial charge in [0.1, 0.15) is 5.69 Å². The van der Waals surface area contributed by atoms with E-state index in [0.717, 1.165) is 44.5 Å². The summed E-state index contributed by atoms with van der Waals surface area (Å²) >= 11 is 0. The predicted octanol–water partition coefficient (Wildman–Crippen LogP) is 3.19. The molecule has 18 heavy (non-hydrogen) atoms. The molecule has 0 aliphatic rings. The molecule has 0 saturated heterocycles. The van der Waals surface area contributed by atoms with Gasteiger partial charge in [0, 0.05) is 13.1 Å². The van der Waals surface area contributed by atoms with Gasteiger partial charge in [0.15, 0.2) is 0 Å². The van der Waals surface area contributed by atoms with Gasteiger partial charge in [-0.1, -0.05) is 26.7 Å². The van der Waals surface area contributed by atoms with Crippen LogP contribution in [-0.4, -0.2) is 29.1 Å². The Balaban J connectivity index is 2.73. The van der Waals surface area contributed by atoms with E-state index in [1.165, 1.54) is 0 Å². The van der Waals surface area contributed by atoms with Gasteiger partial charge < -0.3 is 10.0 Å². The fraction of sp³-hybridized carbons (Fsp3) is 0.571. The van der Waals surface area contributed by atoms with Crippen LogP contribution in [0.1, 0.15) is 50.0 Å². The van der Waals surface area contributed by atoms with Crippen LogP contribution >= 0.6 is 0 Å². The maximum Gasteiger partial charge on any atom is 0.354 e. The van der Waals surface area contributed by atoms with Gasteiger partial charge in [-0.2, -0.15) is 0 Å². The summed E-state index contributed by atoms with van der Waals surface area (Å²) in [7, 11) is 0. The van der Waals surface area contributed by atoms with E-state index in [1.54, 1.807) is 12.3 Å². The minimum atomic E-state index is -0.977. The van der Waals surface area contributed by atoms with Gasteiger partial charge in [-0.15, -0.1) is 0 Å². The number of unbranched alkanes of at least 4 members (excludes halogenated alkanes) is 2. The Morgan fingerprint density at radius 3 is 2.22 bits per heavy atom.